The third kappa shape index (κ3) is 5.98. The maximum atomic E-state index is 14.4. The summed E-state index contributed by atoms with van der Waals surface area (Å²) < 4.78 is 35.6. The van der Waals surface area contributed by atoms with Crippen LogP contribution < -0.4 is 23.7 Å². The summed E-state index contributed by atoms with van der Waals surface area (Å²) in [4.78, 5) is 39.3. The van der Waals surface area contributed by atoms with Crippen molar-refractivity contribution in [1.29, 1.82) is 0 Å². The number of benzene rings is 3. The lowest BCUT2D eigenvalue weighted by molar-refractivity contribution is -0.191. The first-order chi connectivity index (χ1) is 23.6. The minimum Gasteiger partial charge on any atom is -0.497 e. The number of hydrogen-bond donors (Lipinski definition) is 3. The molecule has 12 heteroatoms. The molecule has 0 aromatic heterocycles. The van der Waals surface area contributed by atoms with E-state index in [0.717, 1.165) is 25.7 Å². The first-order valence-corrected chi connectivity index (χ1v) is 16.5. The van der Waals surface area contributed by atoms with Gasteiger partial charge in [0.1, 0.15) is 17.2 Å². The standard InChI is InChI=1S/C37H40O12/c1-3-15-45-25-11-13-28-27(17-25)34(26-12-10-24(44-2)18-30(26)46-20-33(40)41)37(35(42)43,49-23-7-5-4-6-8-23)36(28,19-32(38)39)22-9-14-29-31(16-22)48-21-47-29/h9-14,16-18,23,34H,3-8,15,19-21H2,1-2H3,(H,38,39)(H,40,41)(H,42,43). The number of carboxylic acid groups (broad SMARTS) is 3. The lowest BCUT2D eigenvalue weighted by Crippen LogP contribution is -2.61. The van der Waals surface area contributed by atoms with Crippen molar-refractivity contribution in [3.05, 3.63) is 76.9 Å². The molecule has 3 N–H and O–H groups in total. The van der Waals surface area contributed by atoms with Gasteiger partial charge in [0.05, 0.1) is 37.6 Å². The van der Waals surface area contributed by atoms with Crippen molar-refractivity contribution in [2.24, 2.45) is 0 Å². The lowest BCUT2D eigenvalue weighted by Gasteiger charge is -2.48. The molecule has 1 fully saturated rings. The molecule has 12 nitrogen and oxygen atoms in total. The monoisotopic (exact) mass is 676 g/mol. The minimum atomic E-state index is -2.29. The summed E-state index contributed by atoms with van der Waals surface area (Å²) in [5.41, 5.74) is -2.61. The van der Waals surface area contributed by atoms with Crippen molar-refractivity contribution in [1.82, 2.24) is 0 Å². The van der Waals surface area contributed by atoms with E-state index in [1.54, 1.807) is 48.5 Å². The van der Waals surface area contributed by atoms with Crippen molar-refractivity contribution in [2.45, 2.75) is 74.9 Å². The summed E-state index contributed by atoms with van der Waals surface area (Å²) in [5.74, 6) is -3.40. The Hall–Kier alpha value is -4.97. The Bertz CT molecular complexity index is 1730. The first-order valence-electron chi connectivity index (χ1n) is 16.5. The maximum absolute atomic E-state index is 14.4. The molecule has 1 heterocycles. The molecule has 0 saturated heterocycles. The van der Waals surface area contributed by atoms with Crippen molar-refractivity contribution in [2.75, 3.05) is 27.1 Å². The van der Waals surface area contributed by atoms with Gasteiger partial charge in [-0.2, -0.15) is 0 Å². The van der Waals surface area contributed by atoms with Crippen LogP contribution in [0.15, 0.2) is 54.6 Å². The van der Waals surface area contributed by atoms with Crippen LogP contribution in [-0.4, -0.2) is 72.0 Å². The zero-order valence-electron chi connectivity index (χ0n) is 27.4. The molecule has 2 aliphatic carbocycles. The highest BCUT2D eigenvalue weighted by molar-refractivity contribution is 5.90. The van der Waals surface area contributed by atoms with Gasteiger partial charge < -0.3 is 43.7 Å². The summed E-state index contributed by atoms with van der Waals surface area (Å²) >= 11 is 0. The summed E-state index contributed by atoms with van der Waals surface area (Å²) in [7, 11) is 1.45. The molecule has 260 valence electrons. The zero-order chi connectivity index (χ0) is 34.8. The Kier molecular flexibility index (Phi) is 9.60. The van der Waals surface area contributed by atoms with E-state index < -0.39 is 54.0 Å². The number of fused-ring (bicyclic) bond motifs is 2. The van der Waals surface area contributed by atoms with Crippen molar-refractivity contribution in [3.63, 3.8) is 0 Å². The largest absolute Gasteiger partial charge is 0.497 e. The molecule has 1 aliphatic heterocycles. The van der Waals surface area contributed by atoms with E-state index in [1.165, 1.54) is 13.2 Å². The number of methoxy groups -OCH3 is 1. The molecule has 0 radical (unpaired) electrons. The fourth-order valence-electron chi connectivity index (χ4n) is 7.73. The second kappa shape index (κ2) is 13.9. The molecule has 3 atom stereocenters. The Morgan fingerprint density at radius 1 is 0.837 bits per heavy atom. The molecule has 3 aromatic carbocycles. The van der Waals surface area contributed by atoms with Crippen LogP contribution in [0.4, 0.5) is 0 Å². The first kappa shape index (κ1) is 33.9. The SMILES string of the molecule is CCCOc1ccc2c(c1)C(c1ccc(OC)cc1OCC(=O)O)C(OC1CCCCC1)(C(=O)O)C2(CC(=O)O)c1ccc2c(c1)OCO2. The Morgan fingerprint density at radius 3 is 2.29 bits per heavy atom. The van der Waals surface area contributed by atoms with Gasteiger partial charge in [-0.3, -0.25) is 4.79 Å². The van der Waals surface area contributed by atoms with Crippen LogP contribution in [-0.2, 0) is 24.5 Å². The minimum absolute atomic E-state index is 0.0408. The quantitative estimate of drug-likeness (QED) is 0.189. The molecule has 3 aromatic rings. The van der Waals surface area contributed by atoms with Crippen LogP contribution in [0.2, 0.25) is 0 Å². The number of hydrogen-bond acceptors (Lipinski definition) is 9. The molecule has 0 amide bonds. The molecule has 3 aliphatic rings. The van der Waals surface area contributed by atoms with Crippen LogP contribution >= 0.6 is 0 Å². The molecular weight excluding hydrogens is 636 g/mol. The molecule has 0 bridgehead atoms. The van der Waals surface area contributed by atoms with E-state index in [1.807, 2.05) is 6.92 Å². The van der Waals surface area contributed by atoms with E-state index >= 15 is 0 Å². The van der Waals surface area contributed by atoms with Crippen LogP contribution in [0.5, 0.6) is 28.7 Å². The van der Waals surface area contributed by atoms with Crippen molar-refractivity contribution < 1.29 is 58.1 Å². The summed E-state index contributed by atoms with van der Waals surface area (Å²) in [6, 6.07) is 14.9. The van der Waals surface area contributed by atoms with E-state index in [-0.39, 0.29) is 12.5 Å². The molecule has 1 saturated carbocycles. The van der Waals surface area contributed by atoms with Gasteiger partial charge >= 0.3 is 17.9 Å². The highest BCUT2D eigenvalue weighted by Gasteiger charge is 2.71. The van der Waals surface area contributed by atoms with Crippen molar-refractivity contribution >= 4 is 17.9 Å². The smallest absolute Gasteiger partial charge is 0.341 e. The predicted molar refractivity (Wildman–Crippen MR) is 174 cm³/mol. The fourth-order valence-corrected chi connectivity index (χ4v) is 7.73. The van der Waals surface area contributed by atoms with E-state index in [0.29, 0.717) is 64.7 Å². The fraction of sp³-hybridized carbons (Fsp3) is 0.432. The predicted octanol–water partition coefficient (Wildman–Crippen LogP) is 5.76. The van der Waals surface area contributed by atoms with Gasteiger partial charge in [-0.15, -0.1) is 0 Å². The lowest BCUT2D eigenvalue weighted by atomic mass is 9.61. The third-order valence-corrected chi connectivity index (χ3v) is 9.69. The average molecular weight is 677 g/mol. The normalized spacial score (nSPS) is 22.7. The topological polar surface area (TPSA) is 167 Å². The molecule has 49 heavy (non-hydrogen) atoms. The van der Waals surface area contributed by atoms with Gasteiger partial charge in [-0.05, 0) is 66.3 Å². The van der Waals surface area contributed by atoms with Crippen LogP contribution in [0.1, 0.15) is 80.0 Å². The van der Waals surface area contributed by atoms with Gasteiger partial charge in [0.2, 0.25) is 6.79 Å². The highest BCUT2D eigenvalue weighted by Crippen LogP contribution is 2.65. The van der Waals surface area contributed by atoms with E-state index in [4.69, 9.17) is 28.4 Å². The molecule has 3 unspecified atom stereocenters. The molecular formula is C37H40O12. The number of carbonyl (C=O) groups is 3. The van der Waals surface area contributed by atoms with Gasteiger partial charge in [0, 0.05) is 11.6 Å². The van der Waals surface area contributed by atoms with Gasteiger partial charge in [0.15, 0.2) is 23.7 Å². The Morgan fingerprint density at radius 2 is 1.59 bits per heavy atom. The van der Waals surface area contributed by atoms with E-state index in [2.05, 4.69) is 0 Å². The summed E-state index contributed by atoms with van der Waals surface area (Å²) in [5, 5.41) is 32.0. The van der Waals surface area contributed by atoms with Crippen LogP contribution in [0.3, 0.4) is 0 Å². The number of carboxylic acids is 3. The second-order valence-electron chi connectivity index (χ2n) is 12.6. The maximum Gasteiger partial charge on any atom is 0.341 e. The molecule has 6 rings (SSSR count). The Labute approximate surface area is 283 Å². The molecule has 0 spiro atoms. The second-order valence-corrected chi connectivity index (χ2v) is 12.6. The summed E-state index contributed by atoms with van der Waals surface area (Å²) in [6.07, 6.45) is 3.31. The van der Waals surface area contributed by atoms with Crippen molar-refractivity contribution in [3.8, 4) is 28.7 Å². The highest BCUT2D eigenvalue weighted by atomic mass is 16.7. The van der Waals surface area contributed by atoms with Gasteiger partial charge in [-0.25, -0.2) is 9.59 Å². The Balaban J connectivity index is 1.73. The third-order valence-electron chi connectivity index (χ3n) is 9.69. The summed E-state index contributed by atoms with van der Waals surface area (Å²) in [6.45, 7) is 1.60. The number of aliphatic carboxylic acids is 3. The van der Waals surface area contributed by atoms with Crippen LogP contribution in [0, 0.1) is 0 Å². The van der Waals surface area contributed by atoms with Crippen LogP contribution in [0.25, 0.3) is 0 Å². The van der Waals surface area contributed by atoms with Gasteiger partial charge in [-0.1, -0.05) is 44.4 Å². The number of ether oxygens (including phenoxy) is 6. The average Bonchev–Trinajstić information content (AvgIpc) is 3.65. The van der Waals surface area contributed by atoms with Gasteiger partial charge in [0.25, 0.3) is 0 Å². The van der Waals surface area contributed by atoms with E-state index in [9.17, 15) is 29.7 Å². The zero-order valence-corrected chi connectivity index (χ0v) is 27.4. The number of rotatable bonds is 14.